The van der Waals surface area contributed by atoms with Crippen LogP contribution in [0.15, 0.2) is 71.8 Å². The summed E-state index contributed by atoms with van der Waals surface area (Å²) in [6.07, 6.45) is -2.84. The van der Waals surface area contributed by atoms with Gasteiger partial charge in [0.15, 0.2) is 0 Å². The molecule has 7 nitrogen and oxygen atoms in total. The van der Waals surface area contributed by atoms with Gasteiger partial charge in [-0.3, -0.25) is 0 Å². The molecule has 0 aliphatic heterocycles. The van der Waals surface area contributed by atoms with Crippen LogP contribution >= 0.6 is 0 Å². The van der Waals surface area contributed by atoms with Crippen molar-refractivity contribution in [2.24, 2.45) is 0 Å². The van der Waals surface area contributed by atoms with Gasteiger partial charge in [0.1, 0.15) is 11.5 Å². The van der Waals surface area contributed by atoms with Gasteiger partial charge in [0, 0.05) is 27.0 Å². The lowest BCUT2D eigenvalue weighted by atomic mass is 10.0. The van der Waals surface area contributed by atoms with Crippen LogP contribution in [0, 0.1) is 0 Å². The average Bonchev–Trinajstić information content (AvgIpc) is 2.83. The average molecular weight is 493 g/mol. The second-order valence-electron chi connectivity index (χ2n) is 7.21. The Bertz CT molecular complexity index is 1470. The van der Waals surface area contributed by atoms with Crippen molar-refractivity contribution in [3.05, 3.63) is 72.4 Å². The van der Waals surface area contributed by atoms with Crippen LogP contribution in [0.2, 0.25) is 0 Å². The number of alkyl halides is 3. The molecule has 180 valence electrons. The molecular weight excluding hydrogens is 469 g/mol. The third-order valence-electron chi connectivity index (χ3n) is 5.05. The Kier molecular flexibility index (Phi) is 6.15. The summed E-state index contributed by atoms with van der Waals surface area (Å²) in [6.45, 7) is 0. The molecular formula is C23H23F3N4O3S. The highest BCUT2D eigenvalue weighted by molar-refractivity contribution is 7.89. The van der Waals surface area contributed by atoms with Crippen molar-refractivity contribution in [1.29, 1.82) is 0 Å². The molecule has 0 bridgehead atoms. The minimum atomic E-state index is -4.47. The fraction of sp³-hybridized carbons (Fsp3) is 0.130. The maximum Gasteiger partial charge on any atom is 0.416 e. The molecule has 2 N–H and O–H groups in total. The number of hydrogen-bond acceptors (Lipinski definition) is 6. The Morgan fingerprint density at radius 1 is 0.971 bits per heavy atom. The van der Waals surface area contributed by atoms with Crippen molar-refractivity contribution < 1.29 is 29.2 Å². The Balaban J connectivity index is 0.00000228. The molecule has 0 saturated heterocycles. The van der Waals surface area contributed by atoms with Gasteiger partial charge in [-0.15, -0.1) is 0 Å². The van der Waals surface area contributed by atoms with Gasteiger partial charge in [0.25, 0.3) is 0 Å². The van der Waals surface area contributed by atoms with Gasteiger partial charge in [0.2, 0.25) is 16.0 Å². The van der Waals surface area contributed by atoms with Crippen LogP contribution in [0.5, 0.6) is 11.5 Å². The van der Waals surface area contributed by atoms with Crippen LogP contribution in [0.3, 0.4) is 0 Å². The normalized spacial score (nSPS) is 12.0. The smallest absolute Gasteiger partial charge is 0.416 e. The number of anilines is 1. The fourth-order valence-electron chi connectivity index (χ4n) is 3.27. The van der Waals surface area contributed by atoms with E-state index in [9.17, 15) is 21.6 Å². The van der Waals surface area contributed by atoms with E-state index < -0.39 is 21.8 Å². The highest BCUT2D eigenvalue weighted by atomic mass is 32.2. The summed E-state index contributed by atoms with van der Waals surface area (Å²) in [5.74, 6) is 0.886. The Morgan fingerprint density at radius 3 is 2.35 bits per heavy atom. The van der Waals surface area contributed by atoms with Crippen molar-refractivity contribution >= 4 is 26.9 Å². The van der Waals surface area contributed by atoms with E-state index in [4.69, 9.17) is 4.74 Å². The third kappa shape index (κ3) is 4.80. The SMILES string of the molecule is CNc1ncc2cc(-c3cc(S(=O)(=O)NC)ccc3Oc3ccc(C(F)(F)F)cc3)ccc2n1.[HH].[HH]. The van der Waals surface area contributed by atoms with E-state index in [-0.39, 0.29) is 19.2 Å². The maximum absolute atomic E-state index is 12.9. The molecule has 34 heavy (non-hydrogen) atoms. The Hall–Kier alpha value is -3.70. The largest absolute Gasteiger partial charge is 0.457 e. The van der Waals surface area contributed by atoms with Crippen molar-refractivity contribution in [3.63, 3.8) is 0 Å². The van der Waals surface area contributed by atoms with Crippen LogP contribution in [-0.4, -0.2) is 32.5 Å². The quantitative estimate of drug-likeness (QED) is 0.367. The van der Waals surface area contributed by atoms with E-state index in [1.54, 1.807) is 31.4 Å². The molecule has 1 heterocycles. The van der Waals surface area contributed by atoms with E-state index in [0.717, 1.165) is 12.1 Å². The van der Waals surface area contributed by atoms with Gasteiger partial charge < -0.3 is 10.1 Å². The predicted molar refractivity (Wildman–Crippen MR) is 127 cm³/mol. The van der Waals surface area contributed by atoms with E-state index in [1.165, 1.54) is 37.4 Å². The number of nitrogens with zero attached hydrogens (tertiary/aromatic N) is 2. The van der Waals surface area contributed by atoms with Gasteiger partial charge in [0.05, 0.1) is 16.0 Å². The van der Waals surface area contributed by atoms with Crippen LogP contribution in [0.25, 0.3) is 22.0 Å². The highest BCUT2D eigenvalue weighted by Gasteiger charge is 2.30. The van der Waals surface area contributed by atoms with Crippen molar-refractivity contribution in [2.45, 2.75) is 11.1 Å². The van der Waals surface area contributed by atoms with E-state index in [1.807, 2.05) is 0 Å². The predicted octanol–water partition coefficient (Wildman–Crippen LogP) is 5.55. The summed E-state index contributed by atoms with van der Waals surface area (Å²) in [7, 11) is -0.753. The number of nitrogens with one attached hydrogen (secondary N) is 2. The monoisotopic (exact) mass is 492 g/mol. The molecule has 11 heteroatoms. The molecule has 0 fully saturated rings. The lowest BCUT2D eigenvalue weighted by molar-refractivity contribution is -0.137. The number of hydrogen-bond donors (Lipinski definition) is 2. The zero-order valence-electron chi connectivity index (χ0n) is 18.0. The standard InChI is InChI=1S/C23H19F3N4O3S.2H2/c1-27-22-29-13-15-11-14(3-9-20(15)30-22)19-12-18(34(31,32)28-2)8-10-21(19)33-17-6-4-16(5-7-17)23(24,25)26;;/h3-13,28H,1-2H3,(H,27,29,30);2*1H. The second-order valence-corrected chi connectivity index (χ2v) is 9.09. The molecule has 4 aromatic rings. The number of ether oxygens (including phenoxy) is 1. The number of halogens is 3. The molecule has 0 aliphatic carbocycles. The van der Waals surface area contributed by atoms with E-state index in [2.05, 4.69) is 20.0 Å². The first-order valence-electron chi connectivity index (χ1n) is 9.98. The molecule has 0 atom stereocenters. The molecule has 0 radical (unpaired) electrons. The first-order valence-corrected chi connectivity index (χ1v) is 11.5. The zero-order valence-corrected chi connectivity index (χ0v) is 18.8. The van der Waals surface area contributed by atoms with E-state index >= 15 is 0 Å². The van der Waals surface area contributed by atoms with Crippen LogP contribution in [-0.2, 0) is 16.2 Å². The van der Waals surface area contributed by atoms with Gasteiger partial charge in [-0.1, -0.05) is 6.07 Å². The number of aromatic nitrogens is 2. The molecule has 0 aliphatic rings. The minimum Gasteiger partial charge on any atom is -0.457 e. The van der Waals surface area contributed by atoms with Crippen molar-refractivity contribution in [1.82, 2.24) is 14.7 Å². The fourth-order valence-corrected chi connectivity index (χ4v) is 4.02. The number of fused-ring (bicyclic) bond motifs is 1. The summed E-state index contributed by atoms with van der Waals surface area (Å²) in [5, 5.41) is 3.57. The summed E-state index contributed by atoms with van der Waals surface area (Å²) < 4.78 is 71.5. The number of rotatable bonds is 6. The molecule has 0 unspecified atom stereocenters. The van der Waals surface area contributed by atoms with Crippen molar-refractivity contribution in [3.8, 4) is 22.6 Å². The number of sulfonamides is 1. The molecule has 3 aromatic carbocycles. The second kappa shape index (κ2) is 8.92. The van der Waals surface area contributed by atoms with Crippen LogP contribution in [0.1, 0.15) is 8.42 Å². The van der Waals surface area contributed by atoms with Gasteiger partial charge in [-0.2, -0.15) is 13.2 Å². The third-order valence-corrected chi connectivity index (χ3v) is 6.47. The molecule has 0 saturated carbocycles. The lowest BCUT2D eigenvalue weighted by Gasteiger charge is -2.15. The summed E-state index contributed by atoms with van der Waals surface area (Å²) in [5.41, 5.74) is 0.914. The van der Waals surface area contributed by atoms with Gasteiger partial charge in [-0.05, 0) is 67.2 Å². The first-order chi connectivity index (χ1) is 16.1. The minimum absolute atomic E-state index is 0. The summed E-state index contributed by atoms with van der Waals surface area (Å²) in [6, 6.07) is 13.8. The molecule has 0 spiro atoms. The van der Waals surface area contributed by atoms with E-state index in [0.29, 0.717) is 28.0 Å². The molecule has 4 rings (SSSR count). The van der Waals surface area contributed by atoms with Crippen LogP contribution in [0.4, 0.5) is 19.1 Å². The van der Waals surface area contributed by atoms with Crippen LogP contribution < -0.4 is 14.8 Å². The maximum atomic E-state index is 12.9. The Labute approximate surface area is 196 Å². The lowest BCUT2D eigenvalue weighted by Crippen LogP contribution is -2.18. The highest BCUT2D eigenvalue weighted by Crippen LogP contribution is 2.37. The topological polar surface area (TPSA) is 93.2 Å². The number of benzene rings is 3. The summed E-state index contributed by atoms with van der Waals surface area (Å²) >= 11 is 0. The van der Waals surface area contributed by atoms with Gasteiger partial charge >= 0.3 is 6.18 Å². The Morgan fingerprint density at radius 2 is 1.71 bits per heavy atom. The zero-order chi connectivity index (χ0) is 24.5. The summed E-state index contributed by atoms with van der Waals surface area (Å²) in [4.78, 5) is 8.57. The molecule has 0 amide bonds. The van der Waals surface area contributed by atoms with Gasteiger partial charge in [-0.25, -0.2) is 23.1 Å². The first kappa shape index (κ1) is 23.5. The van der Waals surface area contributed by atoms with Crippen molar-refractivity contribution in [2.75, 3.05) is 19.4 Å². The molecule has 1 aromatic heterocycles.